The zero-order chi connectivity index (χ0) is 12.2. The Hall–Kier alpha value is -0.940. The van der Waals surface area contributed by atoms with Crippen LogP contribution in [0.2, 0.25) is 0 Å². The van der Waals surface area contributed by atoms with E-state index in [1.54, 1.807) is 4.68 Å². The summed E-state index contributed by atoms with van der Waals surface area (Å²) in [7, 11) is 0. The lowest BCUT2D eigenvalue weighted by molar-refractivity contribution is -0.0488. The van der Waals surface area contributed by atoms with Gasteiger partial charge in [-0.15, -0.1) is 0 Å². The quantitative estimate of drug-likeness (QED) is 0.815. The van der Waals surface area contributed by atoms with Crippen molar-refractivity contribution in [2.24, 2.45) is 0 Å². The minimum Gasteiger partial charge on any atom is -0.390 e. The molecule has 0 spiro atoms. The molecule has 16 heavy (non-hydrogen) atoms. The Morgan fingerprint density at radius 3 is 2.75 bits per heavy atom. The third-order valence-electron chi connectivity index (χ3n) is 2.12. The molecule has 0 aliphatic rings. The first kappa shape index (κ1) is 13.1. The number of ether oxygens (including phenoxy) is 1. The van der Waals surface area contributed by atoms with Crippen molar-refractivity contribution in [2.75, 3.05) is 6.61 Å². The maximum atomic E-state index is 9.80. The van der Waals surface area contributed by atoms with Crippen LogP contribution in [-0.2, 0) is 17.7 Å². The predicted molar refractivity (Wildman–Crippen MR) is 61.1 cm³/mol. The minimum absolute atomic E-state index is 0.223. The summed E-state index contributed by atoms with van der Waals surface area (Å²) >= 11 is 0. The molecule has 1 unspecified atom stereocenters. The van der Waals surface area contributed by atoms with Crippen LogP contribution in [0.25, 0.3) is 0 Å². The fourth-order valence-corrected chi connectivity index (χ4v) is 1.33. The van der Waals surface area contributed by atoms with Crippen molar-refractivity contribution >= 4 is 0 Å². The van der Waals surface area contributed by atoms with E-state index < -0.39 is 6.10 Å². The van der Waals surface area contributed by atoms with Gasteiger partial charge in [0.05, 0.1) is 18.3 Å². The maximum absolute atomic E-state index is 9.80. The molecule has 0 aliphatic heterocycles. The van der Waals surface area contributed by atoms with Crippen molar-refractivity contribution in [1.29, 1.82) is 0 Å². The molecule has 1 aromatic heterocycles. The van der Waals surface area contributed by atoms with E-state index in [0.29, 0.717) is 13.0 Å². The second-order valence-electron chi connectivity index (χ2n) is 4.77. The topological polar surface area (TPSA) is 60.2 Å². The Morgan fingerprint density at radius 1 is 1.50 bits per heavy atom. The van der Waals surface area contributed by atoms with Gasteiger partial charge in [0.2, 0.25) is 0 Å². The zero-order valence-corrected chi connectivity index (χ0v) is 10.5. The van der Waals surface area contributed by atoms with E-state index in [1.807, 2.05) is 27.7 Å². The molecule has 1 aromatic rings. The molecule has 92 valence electrons. The molecule has 1 heterocycles. The number of nitrogens with zero attached hydrogens (tertiary/aromatic N) is 3. The molecule has 0 aliphatic carbocycles. The lowest BCUT2D eigenvalue weighted by atomic mass is 10.2. The highest BCUT2D eigenvalue weighted by Crippen LogP contribution is 2.08. The molecule has 0 bridgehead atoms. The summed E-state index contributed by atoms with van der Waals surface area (Å²) in [5, 5.41) is 13.8. The van der Waals surface area contributed by atoms with Gasteiger partial charge in [0, 0.05) is 13.0 Å². The van der Waals surface area contributed by atoms with Gasteiger partial charge in [0.15, 0.2) is 0 Å². The molecule has 0 saturated heterocycles. The van der Waals surface area contributed by atoms with Gasteiger partial charge in [0.25, 0.3) is 0 Å². The van der Waals surface area contributed by atoms with Crippen molar-refractivity contribution in [3.05, 3.63) is 12.2 Å². The van der Waals surface area contributed by atoms with Crippen molar-refractivity contribution < 1.29 is 9.84 Å². The van der Waals surface area contributed by atoms with E-state index in [-0.39, 0.29) is 5.60 Å². The Bertz CT molecular complexity index is 317. The average Bonchev–Trinajstić information content (AvgIpc) is 2.61. The summed E-state index contributed by atoms with van der Waals surface area (Å²) in [6.07, 6.45) is 1.45. The Kier molecular flexibility index (Phi) is 4.44. The summed E-state index contributed by atoms with van der Waals surface area (Å²) in [4.78, 5) is 4.11. The molecule has 1 atom stereocenters. The van der Waals surface area contributed by atoms with Crippen LogP contribution >= 0.6 is 0 Å². The van der Waals surface area contributed by atoms with E-state index in [0.717, 1.165) is 12.4 Å². The first-order valence-electron chi connectivity index (χ1n) is 5.61. The van der Waals surface area contributed by atoms with Gasteiger partial charge >= 0.3 is 0 Å². The van der Waals surface area contributed by atoms with Gasteiger partial charge in [-0.1, -0.05) is 0 Å². The Morgan fingerprint density at radius 2 is 2.19 bits per heavy atom. The van der Waals surface area contributed by atoms with Crippen molar-refractivity contribution in [1.82, 2.24) is 14.8 Å². The standard InChI is InChI=1S/C11H21N3O2/c1-5-14-10(12-8-13-14)6-9(15)7-16-11(2,3)4/h8-9,15H,5-7H2,1-4H3. The lowest BCUT2D eigenvalue weighted by Crippen LogP contribution is -2.28. The number of rotatable bonds is 5. The van der Waals surface area contributed by atoms with Gasteiger partial charge in [-0.05, 0) is 27.7 Å². The summed E-state index contributed by atoms with van der Waals surface area (Å²) < 4.78 is 7.28. The first-order chi connectivity index (χ1) is 7.42. The van der Waals surface area contributed by atoms with Crippen molar-refractivity contribution in [3.63, 3.8) is 0 Å². The summed E-state index contributed by atoms with van der Waals surface area (Å²) in [5.41, 5.74) is -0.223. The fraction of sp³-hybridized carbons (Fsp3) is 0.818. The van der Waals surface area contributed by atoms with Crippen LogP contribution < -0.4 is 0 Å². The van der Waals surface area contributed by atoms with Crippen LogP contribution in [0.1, 0.15) is 33.5 Å². The second kappa shape index (κ2) is 5.41. The highest BCUT2D eigenvalue weighted by Gasteiger charge is 2.15. The first-order valence-corrected chi connectivity index (χ1v) is 5.61. The van der Waals surface area contributed by atoms with Crippen LogP contribution in [0.3, 0.4) is 0 Å². The van der Waals surface area contributed by atoms with Gasteiger partial charge in [-0.2, -0.15) is 5.10 Å². The van der Waals surface area contributed by atoms with Crippen LogP contribution in [0.15, 0.2) is 6.33 Å². The third-order valence-corrected chi connectivity index (χ3v) is 2.12. The molecule has 0 fully saturated rings. The number of aliphatic hydroxyl groups excluding tert-OH is 1. The molecule has 0 amide bonds. The highest BCUT2D eigenvalue weighted by atomic mass is 16.5. The normalized spacial score (nSPS) is 14.1. The van der Waals surface area contributed by atoms with Crippen molar-refractivity contribution in [3.8, 4) is 0 Å². The summed E-state index contributed by atoms with van der Waals surface area (Å²) in [6.45, 7) is 8.98. The van der Waals surface area contributed by atoms with E-state index >= 15 is 0 Å². The lowest BCUT2D eigenvalue weighted by Gasteiger charge is -2.21. The van der Waals surface area contributed by atoms with Gasteiger partial charge in [-0.25, -0.2) is 4.98 Å². The van der Waals surface area contributed by atoms with Crippen molar-refractivity contribution in [2.45, 2.75) is 52.4 Å². The zero-order valence-electron chi connectivity index (χ0n) is 10.5. The maximum Gasteiger partial charge on any atom is 0.138 e. The highest BCUT2D eigenvalue weighted by molar-refractivity contribution is 4.87. The molecule has 5 nitrogen and oxygen atoms in total. The minimum atomic E-state index is -0.534. The van der Waals surface area contributed by atoms with E-state index in [9.17, 15) is 5.11 Å². The molecule has 1 N–H and O–H groups in total. The van der Waals surface area contributed by atoms with Gasteiger partial charge in [0.1, 0.15) is 12.2 Å². The van der Waals surface area contributed by atoms with E-state index in [4.69, 9.17) is 4.74 Å². The Balaban J connectivity index is 2.42. The largest absolute Gasteiger partial charge is 0.390 e. The van der Waals surface area contributed by atoms with Gasteiger partial charge in [-0.3, -0.25) is 4.68 Å². The number of aromatic nitrogens is 3. The molecule has 5 heteroatoms. The average molecular weight is 227 g/mol. The SMILES string of the molecule is CCn1ncnc1CC(O)COC(C)(C)C. The Labute approximate surface area is 96.5 Å². The number of hydrogen-bond acceptors (Lipinski definition) is 4. The van der Waals surface area contributed by atoms with E-state index in [2.05, 4.69) is 10.1 Å². The number of aliphatic hydroxyl groups is 1. The summed E-state index contributed by atoms with van der Waals surface area (Å²) in [6, 6.07) is 0. The molecular weight excluding hydrogens is 206 g/mol. The molecule has 0 saturated carbocycles. The molecule has 0 radical (unpaired) electrons. The van der Waals surface area contributed by atoms with Crippen LogP contribution in [-0.4, -0.2) is 38.2 Å². The smallest absolute Gasteiger partial charge is 0.138 e. The van der Waals surface area contributed by atoms with Crippen LogP contribution in [0, 0.1) is 0 Å². The third kappa shape index (κ3) is 4.28. The van der Waals surface area contributed by atoms with E-state index in [1.165, 1.54) is 6.33 Å². The number of aryl methyl sites for hydroxylation is 1. The predicted octanol–water partition coefficient (Wildman–Crippen LogP) is 1.02. The molecular formula is C11H21N3O2. The fourth-order valence-electron chi connectivity index (χ4n) is 1.33. The monoisotopic (exact) mass is 227 g/mol. The second-order valence-corrected chi connectivity index (χ2v) is 4.77. The van der Waals surface area contributed by atoms with Crippen LogP contribution in [0.5, 0.6) is 0 Å². The van der Waals surface area contributed by atoms with Gasteiger partial charge < -0.3 is 9.84 Å². The number of hydrogen-bond donors (Lipinski definition) is 1. The summed E-state index contributed by atoms with van der Waals surface area (Å²) in [5.74, 6) is 0.799. The molecule has 0 aromatic carbocycles. The van der Waals surface area contributed by atoms with Crippen LogP contribution in [0.4, 0.5) is 0 Å². The molecule has 1 rings (SSSR count).